The van der Waals surface area contributed by atoms with Gasteiger partial charge in [-0.05, 0) is 70.9 Å². The molecule has 19 heavy (non-hydrogen) atoms. The van der Waals surface area contributed by atoms with Crippen molar-refractivity contribution in [3.63, 3.8) is 0 Å². The van der Waals surface area contributed by atoms with Crippen LogP contribution in [0, 0.1) is 0 Å². The van der Waals surface area contributed by atoms with Crippen LogP contribution in [0.3, 0.4) is 0 Å². The number of nitrogens with one attached hydrogen (secondary N) is 1. The van der Waals surface area contributed by atoms with Crippen LogP contribution in [0.2, 0.25) is 0 Å². The highest BCUT2D eigenvalue weighted by molar-refractivity contribution is 9.11. The summed E-state index contributed by atoms with van der Waals surface area (Å²) in [7, 11) is 0. The minimum atomic E-state index is 0.471. The molecule has 1 aliphatic rings. The first-order valence-corrected chi connectivity index (χ1v) is 8.51. The van der Waals surface area contributed by atoms with E-state index >= 15 is 0 Å². The second kappa shape index (κ2) is 5.68. The van der Waals surface area contributed by atoms with E-state index in [1.807, 2.05) is 11.3 Å². The molecule has 0 saturated heterocycles. The molecule has 3 rings (SSSR count). The first kappa shape index (κ1) is 13.2. The zero-order valence-corrected chi connectivity index (χ0v) is 13.5. The third-order valence-electron chi connectivity index (χ3n) is 3.79. The highest BCUT2D eigenvalue weighted by Crippen LogP contribution is 2.39. The maximum atomic E-state index is 3.69. The monoisotopic (exact) mass is 335 g/mol. The van der Waals surface area contributed by atoms with Gasteiger partial charge in [0.2, 0.25) is 0 Å². The molecule has 0 radical (unpaired) electrons. The van der Waals surface area contributed by atoms with Crippen molar-refractivity contribution in [2.45, 2.75) is 38.6 Å². The van der Waals surface area contributed by atoms with E-state index in [2.05, 4.69) is 58.5 Å². The van der Waals surface area contributed by atoms with Crippen LogP contribution in [0.1, 0.15) is 41.8 Å². The van der Waals surface area contributed by atoms with Gasteiger partial charge >= 0.3 is 0 Å². The van der Waals surface area contributed by atoms with E-state index in [-0.39, 0.29) is 0 Å². The van der Waals surface area contributed by atoms with E-state index < -0.39 is 0 Å². The van der Waals surface area contributed by atoms with Gasteiger partial charge in [0, 0.05) is 10.6 Å². The summed E-state index contributed by atoms with van der Waals surface area (Å²) in [4.78, 5) is 1.54. The average Bonchev–Trinajstić information content (AvgIpc) is 2.81. The third-order valence-corrected chi connectivity index (χ3v) is 5.50. The number of rotatable bonds is 3. The number of halogens is 1. The lowest BCUT2D eigenvalue weighted by Crippen LogP contribution is -2.15. The highest BCUT2D eigenvalue weighted by atomic mass is 79.9. The zero-order valence-electron chi connectivity index (χ0n) is 11.1. The maximum Gasteiger partial charge on any atom is 0.0705 e. The van der Waals surface area contributed by atoms with E-state index in [4.69, 9.17) is 0 Å². The summed E-state index contributed by atoms with van der Waals surface area (Å²) in [5.74, 6) is 0. The Morgan fingerprint density at radius 2 is 2.11 bits per heavy atom. The molecule has 1 nitrogen and oxygen atoms in total. The summed E-state index contributed by atoms with van der Waals surface area (Å²) < 4.78 is 1.26. The van der Waals surface area contributed by atoms with Crippen molar-refractivity contribution < 1.29 is 0 Å². The van der Waals surface area contributed by atoms with Gasteiger partial charge in [-0.2, -0.15) is 0 Å². The molecule has 1 aliphatic carbocycles. The van der Waals surface area contributed by atoms with Crippen LogP contribution in [-0.2, 0) is 12.8 Å². The number of hydrogen-bond acceptors (Lipinski definition) is 2. The molecule has 1 aromatic carbocycles. The zero-order chi connectivity index (χ0) is 13.2. The van der Waals surface area contributed by atoms with Crippen LogP contribution in [0.5, 0.6) is 0 Å². The molecule has 0 amide bonds. The number of aryl methyl sites for hydroxylation is 2. The molecular weight excluding hydrogens is 318 g/mol. The molecule has 100 valence electrons. The fraction of sp³-hybridized carbons (Fsp3) is 0.375. The molecule has 0 fully saturated rings. The summed E-state index contributed by atoms with van der Waals surface area (Å²) in [6.45, 7) is 2.19. The Hall–Kier alpha value is -0.800. The lowest BCUT2D eigenvalue weighted by atomic mass is 9.94. The Morgan fingerprint density at radius 3 is 2.84 bits per heavy atom. The van der Waals surface area contributed by atoms with Gasteiger partial charge in [0.15, 0.2) is 0 Å². The van der Waals surface area contributed by atoms with Crippen molar-refractivity contribution in [3.8, 4) is 0 Å². The first-order valence-electron chi connectivity index (χ1n) is 6.90. The van der Waals surface area contributed by atoms with E-state index in [1.54, 1.807) is 4.88 Å². The molecule has 0 bridgehead atoms. The van der Waals surface area contributed by atoms with Crippen LogP contribution < -0.4 is 5.32 Å². The van der Waals surface area contributed by atoms with Crippen LogP contribution in [0.15, 0.2) is 34.1 Å². The highest BCUT2D eigenvalue weighted by Gasteiger charge is 2.22. The quantitative estimate of drug-likeness (QED) is 0.773. The minimum Gasteiger partial charge on any atom is -0.378 e. The Morgan fingerprint density at radius 1 is 1.32 bits per heavy atom. The molecule has 1 aromatic heterocycles. The SMILES string of the molecule is CCc1ccc(NC2CCCc3sc(Br)cc32)cc1. The number of benzene rings is 1. The Kier molecular flexibility index (Phi) is 3.94. The van der Waals surface area contributed by atoms with Gasteiger partial charge in [0.05, 0.1) is 9.83 Å². The molecule has 0 spiro atoms. The van der Waals surface area contributed by atoms with Crippen molar-refractivity contribution in [1.82, 2.24) is 0 Å². The number of anilines is 1. The number of thiophene rings is 1. The van der Waals surface area contributed by atoms with Crippen LogP contribution in [0.4, 0.5) is 5.69 Å². The topological polar surface area (TPSA) is 12.0 Å². The Bertz CT molecular complexity index is 559. The van der Waals surface area contributed by atoms with Gasteiger partial charge in [-0.25, -0.2) is 0 Å². The molecule has 1 heterocycles. The van der Waals surface area contributed by atoms with Crippen LogP contribution >= 0.6 is 27.3 Å². The van der Waals surface area contributed by atoms with Gasteiger partial charge in [0.25, 0.3) is 0 Å². The van der Waals surface area contributed by atoms with E-state index in [9.17, 15) is 0 Å². The summed E-state index contributed by atoms with van der Waals surface area (Å²) in [6.07, 6.45) is 4.85. The van der Waals surface area contributed by atoms with Crippen molar-refractivity contribution >= 4 is 33.0 Å². The van der Waals surface area contributed by atoms with E-state index in [0.29, 0.717) is 6.04 Å². The van der Waals surface area contributed by atoms with Gasteiger partial charge in [0.1, 0.15) is 0 Å². The van der Waals surface area contributed by atoms with Gasteiger partial charge in [-0.3, -0.25) is 0 Å². The summed E-state index contributed by atoms with van der Waals surface area (Å²) >= 11 is 5.50. The van der Waals surface area contributed by atoms with Gasteiger partial charge in [-0.1, -0.05) is 19.1 Å². The fourth-order valence-corrected chi connectivity index (χ4v) is 4.53. The van der Waals surface area contributed by atoms with Crippen LogP contribution in [0.25, 0.3) is 0 Å². The van der Waals surface area contributed by atoms with Crippen molar-refractivity contribution in [1.29, 1.82) is 0 Å². The van der Waals surface area contributed by atoms with Crippen molar-refractivity contribution in [3.05, 3.63) is 50.1 Å². The summed E-state index contributed by atoms with van der Waals surface area (Å²) in [6, 6.07) is 11.6. The van der Waals surface area contributed by atoms with E-state index in [1.165, 1.54) is 39.9 Å². The average molecular weight is 336 g/mol. The maximum absolute atomic E-state index is 3.69. The number of hydrogen-bond donors (Lipinski definition) is 1. The summed E-state index contributed by atoms with van der Waals surface area (Å²) in [5.41, 5.74) is 4.12. The molecule has 0 aliphatic heterocycles. The second-order valence-corrected chi connectivity index (χ2v) is 7.58. The molecule has 1 N–H and O–H groups in total. The predicted octanol–water partition coefficient (Wildman–Crippen LogP) is 5.56. The normalized spacial score (nSPS) is 18.1. The lowest BCUT2D eigenvalue weighted by molar-refractivity contribution is 0.609. The number of fused-ring (bicyclic) bond motifs is 1. The smallest absolute Gasteiger partial charge is 0.0705 e. The second-order valence-electron chi connectivity index (χ2n) is 5.07. The molecule has 1 unspecified atom stereocenters. The Balaban J connectivity index is 1.79. The third kappa shape index (κ3) is 2.87. The first-order chi connectivity index (χ1) is 9.26. The largest absolute Gasteiger partial charge is 0.378 e. The summed E-state index contributed by atoms with van der Waals surface area (Å²) in [5, 5.41) is 3.69. The fourth-order valence-electron chi connectivity index (χ4n) is 2.71. The molecular formula is C16H18BrNS. The van der Waals surface area contributed by atoms with Crippen molar-refractivity contribution in [2.75, 3.05) is 5.32 Å². The van der Waals surface area contributed by atoms with Crippen LogP contribution in [-0.4, -0.2) is 0 Å². The Labute approximate surface area is 127 Å². The molecule has 1 atom stereocenters. The molecule has 2 aromatic rings. The van der Waals surface area contributed by atoms with E-state index in [0.717, 1.165) is 6.42 Å². The predicted molar refractivity (Wildman–Crippen MR) is 87.1 cm³/mol. The molecule has 0 saturated carbocycles. The van der Waals surface area contributed by atoms with Gasteiger partial charge in [-0.15, -0.1) is 11.3 Å². The standard InChI is InChI=1S/C16H18BrNS/c1-2-11-6-8-12(9-7-11)18-14-4-3-5-15-13(14)10-16(17)19-15/h6-10,14,18H,2-5H2,1H3. The van der Waals surface area contributed by atoms with Gasteiger partial charge < -0.3 is 5.32 Å². The molecule has 3 heteroatoms. The van der Waals surface area contributed by atoms with Crippen molar-refractivity contribution in [2.24, 2.45) is 0 Å². The minimum absolute atomic E-state index is 0.471. The lowest BCUT2D eigenvalue weighted by Gasteiger charge is -2.24.